The molecule has 0 aliphatic rings. The van der Waals surface area contributed by atoms with E-state index in [1.807, 2.05) is 0 Å². The van der Waals surface area contributed by atoms with Gasteiger partial charge in [0, 0.05) is 11.6 Å². The predicted octanol–water partition coefficient (Wildman–Crippen LogP) is 1.83. The maximum atomic E-state index is 11.0. The van der Waals surface area contributed by atoms with Gasteiger partial charge in [-0.25, -0.2) is 4.98 Å². The minimum Gasteiger partial charge on any atom is -0.440 e. The van der Waals surface area contributed by atoms with E-state index >= 15 is 0 Å². The third-order valence-electron chi connectivity index (χ3n) is 2.17. The lowest BCUT2D eigenvalue weighted by atomic mass is 10.2. The summed E-state index contributed by atoms with van der Waals surface area (Å²) in [7, 11) is 0. The van der Waals surface area contributed by atoms with Crippen molar-refractivity contribution in [2.45, 2.75) is 10.1 Å². The van der Waals surface area contributed by atoms with Gasteiger partial charge in [0.15, 0.2) is 5.84 Å². The van der Waals surface area contributed by atoms with E-state index in [2.05, 4.69) is 10.1 Å². The first-order valence-corrected chi connectivity index (χ1v) is 5.77. The second kappa shape index (κ2) is 5.40. The van der Waals surface area contributed by atoms with Crippen molar-refractivity contribution in [1.82, 2.24) is 4.98 Å². The summed E-state index contributed by atoms with van der Waals surface area (Å²) in [6.07, 6.45) is 2.82. The minimum atomic E-state index is -0.556. The minimum absolute atomic E-state index is 0.174. The van der Waals surface area contributed by atoms with Gasteiger partial charge in [-0.1, -0.05) is 5.16 Å². The Hall–Kier alpha value is -2.55. The van der Waals surface area contributed by atoms with Gasteiger partial charge in [-0.15, -0.1) is 0 Å². The van der Waals surface area contributed by atoms with Crippen LogP contribution >= 0.6 is 11.8 Å². The fourth-order valence-electron chi connectivity index (χ4n) is 1.32. The van der Waals surface area contributed by atoms with Crippen LogP contribution in [0, 0.1) is 10.1 Å². The molecular weight excluding hydrogens is 272 g/mol. The van der Waals surface area contributed by atoms with Gasteiger partial charge in [-0.2, -0.15) is 0 Å². The lowest BCUT2D eigenvalue weighted by Gasteiger charge is -2.03. The van der Waals surface area contributed by atoms with E-state index in [-0.39, 0.29) is 17.1 Å². The Kier molecular flexibility index (Phi) is 3.66. The lowest BCUT2D eigenvalue weighted by Crippen LogP contribution is -2.13. The molecule has 0 aliphatic heterocycles. The molecule has 0 atom stereocenters. The summed E-state index contributed by atoms with van der Waals surface area (Å²) in [6, 6.07) is 4.22. The van der Waals surface area contributed by atoms with Gasteiger partial charge in [-0.3, -0.25) is 10.1 Å². The largest absolute Gasteiger partial charge is 0.440 e. The quantitative estimate of drug-likeness (QED) is 0.287. The van der Waals surface area contributed by atoms with Gasteiger partial charge in [0.2, 0.25) is 0 Å². The zero-order valence-corrected chi connectivity index (χ0v) is 10.2. The van der Waals surface area contributed by atoms with Crippen molar-refractivity contribution >= 4 is 23.3 Å². The second-order valence-electron chi connectivity index (χ2n) is 3.32. The molecule has 0 unspecified atom stereocenters. The van der Waals surface area contributed by atoms with Gasteiger partial charge in [0.1, 0.15) is 6.26 Å². The Morgan fingerprint density at radius 2 is 2.37 bits per heavy atom. The van der Waals surface area contributed by atoms with Crippen LogP contribution in [0.15, 0.2) is 50.4 Å². The summed E-state index contributed by atoms with van der Waals surface area (Å²) in [5.41, 5.74) is 5.47. The number of aromatic nitrogens is 1. The number of hydrogen-bond acceptors (Lipinski definition) is 7. The first-order chi connectivity index (χ1) is 9.11. The summed E-state index contributed by atoms with van der Waals surface area (Å²) < 4.78 is 5.01. The number of benzene rings is 1. The van der Waals surface area contributed by atoms with Gasteiger partial charge < -0.3 is 15.4 Å². The van der Waals surface area contributed by atoms with Crippen molar-refractivity contribution in [3.05, 3.63) is 46.3 Å². The number of nitrogens with zero attached hydrogens (tertiary/aromatic N) is 3. The number of amidine groups is 1. The number of oxazole rings is 1. The molecule has 0 saturated heterocycles. The highest BCUT2D eigenvalue weighted by Crippen LogP contribution is 2.34. The zero-order valence-electron chi connectivity index (χ0n) is 9.39. The molecule has 3 N–H and O–H groups in total. The summed E-state index contributed by atoms with van der Waals surface area (Å²) in [5, 5.41) is 22.7. The highest BCUT2D eigenvalue weighted by atomic mass is 32.2. The Labute approximate surface area is 111 Å². The predicted molar refractivity (Wildman–Crippen MR) is 66.2 cm³/mol. The number of rotatable bonds is 4. The van der Waals surface area contributed by atoms with E-state index in [0.29, 0.717) is 10.1 Å². The topological polar surface area (TPSA) is 128 Å². The summed E-state index contributed by atoms with van der Waals surface area (Å²) in [4.78, 5) is 14.7. The molecule has 0 saturated carbocycles. The van der Waals surface area contributed by atoms with Crippen molar-refractivity contribution in [3.8, 4) is 0 Å². The van der Waals surface area contributed by atoms with E-state index in [4.69, 9.17) is 15.4 Å². The van der Waals surface area contributed by atoms with Crippen molar-refractivity contribution in [1.29, 1.82) is 0 Å². The van der Waals surface area contributed by atoms with Crippen LogP contribution in [-0.2, 0) is 0 Å². The van der Waals surface area contributed by atoms with Crippen LogP contribution < -0.4 is 5.73 Å². The molecule has 98 valence electrons. The van der Waals surface area contributed by atoms with Crippen molar-refractivity contribution in [3.63, 3.8) is 0 Å². The van der Waals surface area contributed by atoms with Crippen molar-refractivity contribution in [2.24, 2.45) is 10.9 Å². The molecule has 9 heteroatoms. The van der Waals surface area contributed by atoms with Crippen molar-refractivity contribution < 1.29 is 14.5 Å². The molecule has 1 aromatic carbocycles. The molecule has 0 amide bonds. The third-order valence-corrected chi connectivity index (χ3v) is 3.11. The van der Waals surface area contributed by atoms with Crippen LogP contribution in [0.1, 0.15) is 5.56 Å². The number of oxime groups is 1. The molecule has 0 fully saturated rings. The normalized spacial score (nSPS) is 11.5. The molecule has 1 aromatic heterocycles. The summed E-state index contributed by atoms with van der Waals surface area (Å²) in [6.45, 7) is 0. The van der Waals surface area contributed by atoms with E-state index in [1.165, 1.54) is 30.7 Å². The van der Waals surface area contributed by atoms with Gasteiger partial charge >= 0.3 is 0 Å². The summed E-state index contributed by atoms with van der Waals surface area (Å²) in [5.74, 6) is -0.198. The maximum Gasteiger partial charge on any atom is 0.284 e. The lowest BCUT2D eigenvalue weighted by molar-refractivity contribution is -0.387. The van der Waals surface area contributed by atoms with E-state index in [1.54, 1.807) is 0 Å². The highest BCUT2D eigenvalue weighted by molar-refractivity contribution is 7.99. The summed E-state index contributed by atoms with van der Waals surface area (Å²) >= 11 is 1.01. The maximum absolute atomic E-state index is 11.0. The molecule has 2 aromatic rings. The van der Waals surface area contributed by atoms with Gasteiger partial charge in [0.25, 0.3) is 10.9 Å². The van der Waals surface area contributed by atoms with Crippen LogP contribution in [0.3, 0.4) is 0 Å². The first-order valence-electron chi connectivity index (χ1n) is 4.95. The first kappa shape index (κ1) is 12.9. The number of nitro groups is 1. The molecule has 2 rings (SSSR count). The standard InChI is InChI=1S/C10H8N4O4S/c11-9(13-15)6-1-2-8(7(5-6)14(16)17)19-10-12-3-4-18-10/h1-5,15H,(H2,11,13). The van der Waals surface area contributed by atoms with E-state index in [0.717, 1.165) is 11.8 Å². The number of nitro benzene ring substituents is 1. The van der Waals surface area contributed by atoms with Crippen LogP contribution in [0.4, 0.5) is 5.69 Å². The number of nitrogens with two attached hydrogens (primary N) is 1. The molecule has 19 heavy (non-hydrogen) atoms. The van der Waals surface area contributed by atoms with Crippen molar-refractivity contribution in [2.75, 3.05) is 0 Å². The average molecular weight is 280 g/mol. The zero-order chi connectivity index (χ0) is 13.8. The fourth-order valence-corrected chi connectivity index (χ4v) is 2.10. The Morgan fingerprint density at radius 3 is 2.95 bits per heavy atom. The van der Waals surface area contributed by atoms with Crippen LogP contribution in [0.2, 0.25) is 0 Å². The van der Waals surface area contributed by atoms with Crippen LogP contribution in [-0.4, -0.2) is 21.0 Å². The fraction of sp³-hybridized carbons (Fsp3) is 0. The Balaban J connectivity index is 2.41. The average Bonchev–Trinajstić information content (AvgIpc) is 2.91. The number of hydrogen-bond donors (Lipinski definition) is 2. The van der Waals surface area contributed by atoms with Gasteiger partial charge in [-0.05, 0) is 23.9 Å². The monoisotopic (exact) mass is 280 g/mol. The van der Waals surface area contributed by atoms with E-state index < -0.39 is 4.92 Å². The van der Waals surface area contributed by atoms with Crippen LogP contribution in [0.5, 0.6) is 0 Å². The smallest absolute Gasteiger partial charge is 0.284 e. The molecule has 0 radical (unpaired) electrons. The molecular formula is C10H8N4O4S. The molecule has 0 bridgehead atoms. The van der Waals surface area contributed by atoms with Gasteiger partial charge in [0.05, 0.1) is 16.0 Å². The molecule has 1 heterocycles. The Morgan fingerprint density at radius 1 is 1.58 bits per heavy atom. The third kappa shape index (κ3) is 2.83. The SMILES string of the molecule is N/C(=N/O)c1ccc(Sc2ncco2)c([N+](=O)[O-])c1. The Bertz CT molecular complexity index is 626. The van der Waals surface area contributed by atoms with Crippen LogP contribution in [0.25, 0.3) is 0 Å². The molecule has 8 nitrogen and oxygen atoms in total. The highest BCUT2D eigenvalue weighted by Gasteiger charge is 2.18. The molecule has 0 spiro atoms. The second-order valence-corrected chi connectivity index (χ2v) is 4.32. The van der Waals surface area contributed by atoms with E-state index in [9.17, 15) is 10.1 Å². The molecule has 0 aliphatic carbocycles.